The molecule has 3 rings (SSSR count). The zero-order chi connectivity index (χ0) is 15.4. The van der Waals surface area contributed by atoms with Crippen molar-refractivity contribution in [3.05, 3.63) is 23.3 Å². The smallest absolute Gasteiger partial charge is 0.172 e. The van der Waals surface area contributed by atoms with E-state index in [1.807, 2.05) is 0 Å². The molecule has 0 spiro atoms. The summed E-state index contributed by atoms with van der Waals surface area (Å²) in [4.78, 5) is 12.6. The van der Waals surface area contributed by atoms with E-state index in [2.05, 4.69) is 0 Å². The van der Waals surface area contributed by atoms with Crippen LogP contribution in [-0.2, 0) is 4.74 Å². The molecule has 2 aliphatic rings. The summed E-state index contributed by atoms with van der Waals surface area (Å²) >= 11 is 0. The number of aliphatic hydroxyl groups is 2. The van der Waals surface area contributed by atoms with E-state index in [1.165, 1.54) is 20.1 Å². The van der Waals surface area contributed by atoms with E-state index >= 15 is 0 Å². The van der Waals surface area contributed by atoms with Gasteiger partial charge in [0.15, 0.2) is 11.6 Å². The quantitative estimate of drug-likeness (QED) is 0.715. The number of Topliss-reactive ketones (excluding diaryl/α,β-unsaturated/α-hetero) is 1. The van der Waals surface area contributed by atoms with Crippen molar-refractivity contribution in [1.29, 1.82) is 0 Å². The number of methoxy groups -OCH3 is 1. The number of hydrogen-bond donors (Lipinski definition) is 3. The molecule has 1 aromatic carbocycles. The van der Waals surface area contributed by atoms with Crippen LogP contribution in [0.5, 0.6) is 11.5 Å². The minimum Gasteiger partial charge on any atom is -0.507 e. The van der Waals surface area contributed by atoms with Gasteiger partial charge in [0.1, 0.15) is 11.5 Å². The van der Waals surface area contributed by atoms with E-state index in [0.29, 0.717) is 11.3 Å². The number of hydrogen-bond acceptors (Lipinski definition) is 6. The van der Waals surface area contributed by atoms with Gasteiger partial charge in [-0.2, -0.15) is 0 Å². The molecule has 114 valence electrons. The predicted octanol–water partition coefficient (Wildman–Crippen LogP) is 0.992. The van der Waals surface area contributed by atoms with Crippen molar-refractivity contribution in [1.82, 2.24) is 0 Å². The largest absolute Gasteiger partial charge is 0.507 e. The number of aliphatic hydroxyl groups excluding tert-OH is 1. The Morgan fingerprint density at radius 3 is 2.81 bits per heavy atom. The molecular weight excluding hydrogens is 276 g/mol. The Morgan fingerprint density at radius 1 is 1.43 bits per heavy atom. The number of benzene rings is 1. The summed E-state index contributed by atoms with van der Waals surface area (Å²) in [6.07, 6.45) is -0.804. The molecule has 4 atom stereocenters. The highest BCUT2D eigenvalue weighted by molar-refractivity contribution is 6.03. The third-order valence-electron chi connectivity index (χ3n) is 4.37. The Labute approximate surface area is 121 Å². The first-order chi connectivity index (χ1) is 9.84. The van der Waals surface area contributed by atoms with Crippen LogP contribution < -0.4 is 4.74 Å². The molecule has 21 heavy (non-hydrogen) atoms. The number of phenols is 1. The second kappa shape index (κ2) is 4.69. The Morgan fingerprint density at radius 2 is 2.14 bits per heavy atom. The first-order valence-corrected chi connectivity index (χ1v) is 6.83. The maximum atomic E-state index is 12.6. The van der Waals surface area contributed by atoms with E-state index in [4.69, 9.17) is 9.47 Å². The van der Waals surface area contributed by atoms with E-state index < -0.39 is 23.7 Å². The van der Waals surface area contributed by atoms with E-state index in [0.717, 1.165) is 0 Å². The lowest BCUT2D eigenvalue weighted by molar-refractivity contribution is -0.242. The molecule has 0 amide bonds. The van der Waals surface area contributed by atoms with Gasteiger partial charge in [-0.05, 0) is 18.6 Å². The zero-order valence-electron chi connectivity index (χ0n) is 11.9. The minimum atomic E-state index is -1.36. The Hall–Kier alpha value is -1.63. The molecule has 1 aromatic rings. The molecule has 6 nitrogen and oxygen atoms in total. The van der Waals surface area contributed by atoms with Crippen molar-refractivity contribution in [2.24, 2.45) is 11.8 Å². The van der Waals surface area contributed by atoms with Crippen LogP contribution in [0.1, 0.15) is 35.4 Å². The van der Waals surface area contributed by atoms with Gasteiger partial charge in [-0.15, -0.1) is 0 Å². The average molecular weight is 294 g/mol. The van der Waals surface area contributed by atoms with Crippen molar-refractivity contribution in [3.8, 4) is 11.5 Å². The number of aromatic hydroxyl groups is 1. The molecule has 0 aromatic heterocycles. The number of ether oxygens (including phenoxy) is 2. The van der Waals surface area contributed by atoms with Crippen LogP contribution in [0.15, 0.2) is 12.1 Å². The predicted molar refractivity (Wildman–Crippen MR) is 72.1 cm³/mol. The van der Waals surface area contributed by atoms with Crippen LogP contribution in [0, 0.1) is 11.8 Å². The lowest BCUT2D eigenvalue weighted by Crippen LogP contribution is -2.48. The first-order valence-electron chi connectivity index (χ1n) is 6.83. The van der Waals surface area contributed by atoms with E-state index in [1.54, 1.807) is 6.07 Å². The summed E-state index contributed by atoms with van der Waals surface area (Å²) in [7, 11) is 1.44. The molecule has 0 bridgehead atoms. The van der Waals surface area contributed by atoms with Crippen molar-refractivity contribution in [2.45, 2.75) is 25.2 Å². The number of carbonyl (C=O) groups is 1. The fourth-order valence-corrected chi connectivity index (χ4v) is 3.29. The van der Waals surface area contributed by atoms with Gasteiger partial charge in [-0.1, -0.05) is 0 Å². The fourth-order valence-electron chi connectivity index (χ4n) is 3.29. The maximum Gasteiger partial charge on any atom is 0.172 e. The monoisotopic (exact) mass is 294 g/mol. The molecule has 6 heteroatoms. The molecule has 1 saturated heterocycles. The number of carbonyl (C=O) groups excluding carboxylic acids is 1. The van der Waals surface area contributed by atoms with Crippen molar-refractivity contribution >= 4 is 5.78 Å². The van der Waals surface area contributed by atoms with Gasteiger partial charge in [0.25, 0.3) is 0 Å². The number of ketones is 1. The molecule has 1 aliphatic heterocycles. The molecular formula is C15H18O6. The topological polar surface area (TPSA) is 96.2 Å². The summed E-state index contributed by atoms with van der Waals surface area (Å²) < 4.78 is 10.3. The molecule has 1 fully saturated rings. The van der Waals surface area contributed by atoms with Crippen LogP contribution in [0.4, 0.5) is 0 Å². The number of phenolic OH excluding ortho intramolecular Hbond substituents is 1. The first kappa shape index (κ1) is 14.3. The van der Waals surface area contributed by atoms with Gasteiger partial charge in [0.2, 0.25) is 0 Å². The highest BCUT2D eigenvalue weighted by Crippen LogP contribution is 2.48. The highest BCUT2D eigenvalue weighted by atomic mass is 16.6. The fraction of sp³-hybridized carbons (Fsp3) is 0.533. The molecule has 0 radical (unpaired) electrons. The Balaban J connectivity index is 2.10. The van der Waals surface area contributed by atoms with Gasteiger partial charge >= 0.3 is 0 Å². The molecule has 1 heterocycles. The normalized spacial score (nSPS) is 35.0. The zero-order valence-corrected chi connectivity index (χ0v) is 11.9. The maximum absolute atomic E-state index is 12.6. The van der Waals surface area contributed by atoms with Crippen LogP contribution in [0.25, 0.3) is 0 Å². The Kier molecular flexibility index (Phi) is 3.20. The lowest BCUT2D eigenvalue weighted by Gasteiger charge is -2.44. The van der Waals surface area contributed by atoms with Gasteiger partial charge in [0, 0.05) is 18.4 Å². The third-order valence-corrected chi connectivity index (χ3v) is 4.37. The van der Waals surface area contributed by atoms with Gasteiger partial charge in [-0.3, -0.25) is 4.79 Å². The second-order valence-electron chi connectivity index (χ2n) is 5.88. The van der Waals surface area contributed by atoms with Crippen molar-refractivity contribution < 1.29 is 29.6 Å². The minimum absolute atomic E-state index is 0.0263. The van der Waals surface area contributed by atoms with Gasteiger partial charge in [-0.25, -0.2) is 0 Å². The number of rotatable bonds is 1. The Bertz CT molecular complexity index is 594. The second-order valence-corrected chi connectivity index (χ2v) is 5.88. The van der Waals surface area contributed by atoms with Gasteiger partial charge < -0.3 is 24.8 Å². The molecule has 2 unspecified atom stereocenters. The van der Waals surface area contributed by atoms with Crippen LogP contribution in [-0.4, -0.2) is 40.6 Å². The van der Waals surface area contributed by atoms with E-state index in [-0.39, 0.29) is 30.1 Å². The van der Waals surface area contributed by atoms with Crippen LogP contribution in [0.3, 0.4) is 0 Å². The highest BCUT2D eigenvalue weighted by Gasteiger charge is 2.49. The summed E-state index contributed by atoms with van der Waals surface area (Å²) in [6.45, 7) is 1.54. The molecule has 3 N–H and O–H groups in total. The van der Waals surface area contributed by atoms with Crippen LogP contribution in [0.2, 0.25) is 0 Å². The SMILES string of the molecule is COc1cc(O)c2c(c1)[C@H](O)C1C[C@@](C)(O)OCC1C2=O. The summed E-state index contributed by atoms with van der Waals surface area (Å²) in [5.41, 5.74) is 0.463. The lowest BCUT2D eigenvalue weighted by atomic mass is 9.69. The van der Waals surface area contributed by atoms with Crippen LogP contribution >= 0.6 is 0 Å². The summed E-state index contributed by atoms with van der Waals surface area (Å²) in [5.74, 6) is -2.47. The van der Waals surface area contributed by atoms with Crippen molar-refractivity contribution in [2.75, 3.05) is 13.7 Å². The molecule has 1 aliphatic carbocycles. The third kappa shape index (κ3) is 2.19. The van der Waals surface area contributed by atoms with Crippen molar-refractivity contribution in [3.63, 3.8) is 0 Å². The molecule has 0 saturated carbocycles. The van der Waals surface area contributed by atoms with E-state index in [9.17, 15) is 20.1 Å². The summed E-state index contributed by atoms with van der Waals surface area (Å²) in [6, 6.07) is 2.90. The average Bonchev–Trinajstić information content (AvgIpc) is 2.42. The van der Waals surface area contributed by atoms with Gasteiger partial charge in [0.05, 0.1) is 31.3 Å². The standard InChI is InChI=1S/C15H18O6/c1-15(19)5-9-10(6-21-15)14(18)12-8(13(9)17)3-7(20-2)4-11(12)16/h3-4,9-10,13,16-17,19H,5-6H2,1-2H3/t9?,10?,13-,15-/m0/s1. The number of fused-ring (bicyclic) bond motifs is 2. The summed E-state index contributed by atoms with van der Waals surface area (Å²) in [5, 5.41) is 30.6.